The molecule has 1 aromatic carbocycles. The number of amides is 1. The lowest BCUT2D eigenvalue weighted by Gasteiger charge is -2.27. The van der Waals surface area contributed by atoms with Crippen molar-refractivity contribution in [2.24, 2.45) is 0 Å². The molecule has 8 heteroatoms. The number of rotatable bonds is 5. The van der Waals surface area contributed by atoms with Crippen molar-refractivity contribution in [3.63, 3.8) is 0 Å². The van der Waals surface area contributed by atoms with Crippen LogP contribution in [-0.4, -0.2) is 54.8 Å². The minimum atomic E-state index is -0.311. The second kappa shape index (κ2) is 8.10. The van der Waals surface area contributed by atoms with E-state index in [4.69, 9.17) is 4.74 Å². The number of ether oxygens (including phenoxy) is 1. The third-order valence-electron chi connectivity index (χ3n) is 5.04. The van der Waals surface area contributed by atoms with Crippen molar-refractivity contribution >= 4 is 23.4 Å². The highest BCUT2D eigenvalue weighted by atomic mass is 19.1. The number of morpholine rings is 1. The zero-order valence-corrected chi connectivity index (χ0v) is 15.9. The lowest BCUT2D eigenvalue weighted by atomic mass is 10.2. The number of hydrogen-bond donors (Lipinski definition) is 1. The number of carbonyl (C=O) groups excluding carboxylic acids is 1. The molecule has 1 aromatic heterocycles. The molecule has 2 aromatic rings. The summed E-state index contributed by atoms with van der Waals surface area (Å²) >= 11 is 0. The molecular weight excluding hydrogens is 361 g/mol. The van der Waals surface area contributed by atoms with Crippen molar-refractivity contribution in [3.8, 4) is 0 Å². The van der Waals surface area contributed by atoms with Crippen LogP contribution in [0.3, 0.4) is 0 Å². The number of carbonyl (C=O) groups is 1. The summed E-state index contributed by atoms with van der Waals surface area (Å²) in [6.45, 7) is 5.46. The maximum absolute atomic E-state index is 13.2. The van der Waals surface area contributed by atoms with Crippen molar-refractivity contribution in [1.82, 2.24) is 9.97 Å². The van der Waals surface area contributed by atoms with Gasteiger partial charge in [-0.25, -0.2) is 9.37 Å². The fourth-order valence-electron chi connectivity index (χ4n) is 3.53. The van der Waals surface area contributed by atoms with E-state index in [1.807, 2.05) is 6.07 Å². The molecule has 2 aliphatic heterocycles. The Balaban J connectivity index is 1.49. The number of halogens is 1. The molecule has 7 nitrogen and oxygen atoms in total. The summed E-state index contributed by atoms with van der Waals surface area (Å²) in [7, 11) is 0. The van der Waals surface area contributed by atoms with E-state index >= 15 is 0 Å². The predicted octanol–water partition coefficient (Wildman–Crippen LogP) is 2.23. The summed E-state index contributed by atoms with van der Waals surface area (Å²) in [6.07, 6.45) is 1.18. The Morgan fingerprint density at radius 3 is 2.68 bits per heavy atom. The highest BCUT2D eigenvalue weighted by molar-refractivity contribution is 5.96. The van der Waals surface area contributed by atoms with Crippen LogP contribution < -0.4 is 15.1 Å². The molecule has 0 spiro atoms. The van der Waals surface area contributed by atoms with Gasteiger partial charge in [-0.3, -0.25) is 4.79 Å². The van der Waals surface area contributed by atoms with Gasteiger partial charge in [-0.2, -0.15) is 4.98 Å². The van der Waals surface area contributed by atoms with Crippen LogP contribution >= 0.6 is 0 Å². The van der Waals surface area contributed by atoms with Gasteiger partial charge < -0.3 is 19.9 Å². The molecule has 1 atom stereocenters. The van der Waals surface area contributed by atoms with Crippen molar-refractivity contribution in [3.05, 3.63) is 41.8 Å². The monoisotopic (exact) mass is 385 g/mol. The first-order valence-electron chi connectivity index (χ1n) is 9.65. The van der Waals surface area contributed by atoms with Gasteiger partial charge in [0.15, 0.2) is 0 Å². The Morgan fingerprint density at radius 2 is 1.96 bits per heavy atom. The first kappa shape index (κ1) is 18.6. The van der Waals surface area contributed by atoms with Crippen LogP contribution in [0.15, 0.2) is 30.3 Å². The van der Waals surface area contributed by atoms with Crippen LogP contribution in [0.1, 0.15) is 19.0 Å². The zero-order valence-electron chi connectivity index (χ0n) is 15.9. The average molecular weight is 385 g/mol. The SMILES string of the molecule is CCc1cc(NC2CC(=O)N(c3ccc(F)cc3)C2)nc(N2CCOCC2)n1. The van der Waals surface area contributed by atoms with Crippen LogP contribution in [0, 0.1) is 5.82 Å². The number of aromatic nitrogens is 2. The third kappa shape index (κ3) is 4.06. The fourth-order valence-corrected chi connectivity index (χ4v) is 3.53. The van der Waals surface area contributed by atoms with E-state index in [9.17, 15) is 9.18 Å². The summed E-state index contributed by atoms with van der Waals surface area (Å²) in [4.78, 5) is 25.6. The number of anilines is 3. The van der Waals surface area contributed by atoms with Crippen molar-refractivity contribution in [2.75, 3.05) is 48.0 Å². The molecule has 1 amide bonds. The van der Waals surface area contributed by atoms with E-state index < -0.39 is 0 Å². The first-order valence-corrected chi connectivity index (χ1v) is 9.65. The Labute approximate surface area is 163 Å². The topological polar surface area (TPSA) is 70.6 Å². The molecule has 0 bridgehead atoms. The smallest absolute Gasteiger partial charge is 0.229 e. The molecule has 0 aliphatic carbocycles. The van der Waals surface area contributed by atoms with Gasteiger partial charge >= 0.3 is 0 Å². The zero-order chi connectivity index (χ0) is 19.5. The predicted molar refractivity (Wildman–Crippen MR) is 105 cm³/mol. The van der Waals surface area contributed by atoms with Gasteiger partial charge in [0.05, 0.1) is 19.3 Å². The highest BCUT2D eigenvalue weighted by Crippen LogP contribution is 2.24. The van der Waals surface area contributed by atoms with Gasteiger partial charge in [0, 0.05) is 43.5 Å². The van der Waals surface area contributed by atoms with Crippen LogP contribution in [0.4, 0.5) is 21.8 Å². The first-order chi connectivity index (χ1) is 13.6. The van der Waals surface area contributed by atoms with Gasteiger partial charge in [0.2, 0.25) is 11.9 Å². The average Bonchev–Trinajstić information content (AvgIpc) is 3.09. The molecule has 28 heavy (non-hydrogen) atoms. The van der Waals surface area contributed by atoms with Crippen LogP contribution in [0.5, 0.6) is 0 Å². The molecule has 0 saturated carbocycles. The molecule has 3 heterocycles. The minimum absolute atomic E-state index is 0.0160. The quantitative estimate of drug-likeness (QED) is 0.851. The number of benzene rings is 1. The maximum Gasteiger partial charge on any atom is 0.229 e. The minimum Gasteiger partial charge on any atom is -0.378 e. The number of nitrogens with one attached hydrogen (secondary N) is 1. The lowest BCUT2D eigenvalue weighted by Crippen LogP contribution is -2.37. The van der Waals surface area contributed by atoms with Gasteiger partial charge in [-0.1, -0.05) is 6.92 Å². The fraction of sp³-hybridized carbons (Fsp3) is 0.450. The molecule has 2 aliphatic rings. The third-order valence-corrected chi connectivity index (χ3v) is 5.04. The van der Waals surface area contributed by atoms with Gasteiger partial charge in [0.1, 0.15) is 11.6 Å². The molecule has 0 radical (unpaired) electrons. The molecule has 1 unspecified atom stereocenters. The summed E-state index contributed by atoms with van der Waals surface area (Å²) in [6, 6.07) is 7.88. The molecule has 2 saturated heterocycles. The van der Waals surface area contributed by atoms with Crippen molar-refractivity contribution in [1.29, 1.82) is 0 Å². The summed E-state index contributed by atoms with van der Waals surface area (Å²) in [5.74, 6) is 1.13. The van der Waals surface area contributed by atoms with E-state index in [1.54, 1.807) is 17.0 Å². The van der Waals surface area contributed by atoms with Gasteiger partial charge in [-0.05, 0) is 30.7 Å². The largest absolute Gasteiger partial charge is 0.378 e. The molecule has 2 fully saturated rings. The van der Waals surface area contributed by atoms with E-state index in [-0.39, 0.29) is 17.8 Å². The van der Waals surface area contributed by atoms with E-state index in [2.05, 4.69) is 27.1 Å². The van der Waals surface area contributed by atoms with Crippen LogP contribution in [-0.2, 0) is 16.0 Å². The van der Waals surface area contributed by atoms with Gasteiger partial charge in [-0.15, -0.1) is 0 Å². The Kier molecular flexibility index (Phi) is 5.38. The van der Waals surface area contributed by atoms with Gasteiger partial charge in [0.25, 0.3) is 0 Å². The van der Waals surface area contributed by atoms with Crippen molar-refractivity contribution in [2.45, 2.75) is 25.8 Å². The normalized spacial score (nSPS) is 19.9. The van der Waals surface area contributed by atoms with E-state index in [0.29, 0.717) is 37.8 Å². The second-order valence-corrected chi connectivity index (χ2v) is 7.02. The number of nitrogens with zero attached hydrogens (tertiary/aromatic N) is 4. The number of aryl methyl sites for hydroxylation is 1. The van der Waals surface area contributed by atoms with E-state index in [1.165, 1.54) is 12.1 Å². The van der Waals surface area contributed by atoms with Crippen molar-refractivity contribution < 1.29 is 13.9 Å². The number of hydrogen-bond acceptors (Lipinski definition) is 6. The van der Waals surface area contributed by atoms with Crippen LogP contribution in [0.25, 0.3) is 0 Å². The Morgan fingerprint density at radius 1 is 1.21 bits per heavy atom. The van der Waals surface area contributed by atoms with E-state index in [0.717, 1.165) is 31.0 Å². The summed E-state index contributed by atoms with van der Waals surface area (Å²) in [5, 5.41) is 3.39. The maximum atomic E-state index is 13.2. The molecule has 148 valence electrons. The molecule has 1 N–H and O–H groups in total. The standard InChI is InChI=1S/C20H24FN5O2/c1-2-15-11-18(24-20(23-15)25-7-9-28-10-8-25)22-16-12-19(27)26(13-16)17-5-3-14(21)4-6-17/h3-6,11,16H,2,7-10,12-13H2,1H3,(H,22,23,24). The second-order valence-electron chi connectivity index (χ2n) is 7.02. The Bertz CT molecular complexity index is 839. The van der Waals surface area contributed by atoms with Crippen LogP contribution in [0.2, 0.25) is 0 Å². The lowest BCUT2D eigenvalue weighted by molar-refractivity contribution is -0.117. The summed E-state index contributed by atoms with van der Waals surface area (Å²) in [5.41, 5.74) is 1.67. The molecule has 4 rings (SSSR count). The molecular formula is C20H24FN5O2. The Hall–Kier alpha value is -2.74. The highest BCUT2D eigenvalue weighted by Gasteiger charge is 2.31. The summed E-state index contributed by atoms with van der Waals surface area (Å²) < 4.78 is 18.6.